The number of carbonyl (C=O) groups excluding carboxylic acids is 1. The van der Waals surface area contributed by atoms with E-state index < -0.39 is 15.9 Å². The van der Waals surface area contributed by atoms with Crippen molar-refractivity contribution in [1.82, 2.24) is 9.62 Å². The minimum Gasteiger partial charge on any atom is -0.493 e. The largest absolute Gasteiger partial charge is 0.493 e. The van der Waals surface area contributed by atoms with Crippen LogP contribution in [0.2, 0.25) is 10.0 Å². The molecule has 10 heteroatoms. The zero-order chi connectivity index (χ0) is 23.1. The zero-order valence-electron chi connectivity index (χ0n) is 17.7. The first-order valence-corrected chi connectivity index (χ1v) is 12.6. The Bertz CT molecular complexity index is 1050. The van der Waals surface area contributed by atoms with Crippen molar-refractivity contribution in [3.8, 4) is 11.5 Å². The van der Waals surface area contributed by atoms with Gasteiger partial charge in [0.15, 0.2) is 11.5 Å². The molecule has 0 aromatic heterocycles. The Morgan fingerprint density at radius 1 is 1.16 bits per heavy atom. The second-order valence-corrected chi connectivity index (χ2v) is 10.3. The number of nitrogens with one attached hydrogen (secondary N) is 1. The van der Waals surface area contributed by atoms with E-state index in [9.17, 15) is 13.2 Å². The van der Waals surface area contributed by atoms with Crippen LogP contribution >= 0.6 is 23.2 Å². The first kappa shape index (κ1) is 24.6. The number of nitrogens with zero attached hydrogens (tertiary/aromatic N) is 1. The molecule has 2 aromatic carbocycles. The Labute approximate surface area is 198 Å². The van der Waals surface area contributed by atoms with Crippen molar-refractivity contribution in [2.24, 2.45) is 5.92 Å². The Morgan fingerprint density at radius 3 is 2.62 bits per heavy atom. The highest BCUT2D eigenvalue weighted by molar-refractivity contribution is 7.88. The predicted molar refractivity (Wildman–Crippen MR) is 125 cm³/mol. The molecule has 32 heavy (non-hydrogen) atoms. The molecular formula is C22H26Cl2N2O5S. The fourth-order valence-corrected chi connectivity index (χ4v) is 5.48. The number of methoxy groups -OCH3 is 1. The lowest BCUT2D eigenvalue weighted by Crippen LogP contribution is -2.46. The molecule has 1 aliphatic rings. The van der Waals surface area contributed by atoms with Crippen molar-refractivity contribution in [3.05, 3.63) is 58.1 Å². The van der Waals surface area contributed by atoms with E-state index in [-0.39, 0.29) is 24.8 Å². The Morgan fingerprint density at radius 2 is 1.91 bits per heavy atom. The molecule has 2 aromatic rings. The van der Waals surface area contributed by atoms with Crippen LogP contribution in [0, 0.1) is 5.92 Å². The molecule has 1 N–H and O–H groups in total. The topological polar surface area (TPSA) is 84.9 Å². The predicted octanol–water partition coefficient (Wildman–Crippen LogP) is 3.74. The number of sulfonamides is 1. The molecule has 0 radical (unpaired) electrons. The average molecular weight is 501 g/mol. The van der Waals surface area contributed by atoms with E-state index in [1.807, 2.05) is 12.1 Å². The molecule has 0 saturated carbocycles. The zero-order valence-corrected chi connectivity index (χ0v) is 20.0. The van der Waals surface area contributed by atoms with Crippen LogP contribution in [-0.4, -0.2) is 52.0 Å². The van der Waals surface area contributed by atoms with Crippen molar-refractivity contribution in [2.75, 3.05) is 33.4 Å². The van der Waals surface area contributed by atoms with Crippen LogP contribution in [-0.2, 0) is 20.6 Å². The van der Waals surface area contributed by atoms with Crippen molar-refractivity contribution >= 4 is 39.1 Å². The lowest BCUT2D eigenvalue weighted by molar-refractivity contribution is -0.126. The van der Waals surface area contributed by atoms with E-state index in [0.717, 1.165) is 0 Å². The fraction of sp³-hybridized carbons (Fsp3) is 0.409. The van der Waals surface area contributed by atoms with Crippen LogP contribution in [0.25, 0.3) is 0 Å². The van der Waals surface area contributed by atoms with E-state index in [2.05, 4.69) is 5.32 Å². The van der Waals surface area contributed by atoms with Crippen LogP contribution in [0.4, 0.5) is 0 Å². The molecule has 0 bridgehead atoms. The van der Waals surface area contributed by atoms with Gasteiger partial charge in [0.25, 0.3) is 0 Å². The van der Waals surface area contributed by atoms with Gasteiger partial charge >= 0.3 is 0 Å². The second-order valence-electron chi connectivity index (χ2n) is 7.49. The molecule has 1 amide bonds. The van der Waals surface area contributed by atoms with Crippen molar-refractivity contribution in [1.29, 1.82) is 0 Å². The van der Waals surface area contributed by atoms with Gasteiger partial charge in [-0.3, -0.25) is 4.79 Å². The van der Waals surface area contributed by atoms with Gasteiger partial charge in [-0.05, 0) is 42.7 Å². The van der Waals surface area contributed by atoms with Gasteiger partial charge in [0.05, 0.1) is 35.4 Å². The summed E-state index contributed by atoms with van der Waals surface area (Å²) in [5, 5.41) is 3.52. The van der Waals surface area contributed by atoms with E-state index in [4.69, 9.17) is 32.7 Å². The number of rotatable bonds is 9. The number of hydrogen-bond acceptors (Lipinski definition) is 5. The minimum atomic E-state index is -3.59. The summed E-state index contributed by atoms with van der Waals surface area (Å²) >= 11 is 11.9. The average Bonchev–Trinajstić information content (AvgIpc) is 2.79. The molecule has 1 heterocycles. The molecule has 1 fully saturated rings. The quantitative estimate of drug-likeness (QED) is 0.530. The van der Waals surface area contributed by atoms with Gasteiger partial charge in [-0.2, -0.15) is 0 Å². The van der Waals surface area contributed by atoms with E-state index in [1.54, 1.807) is 37.4 Å². The maximum absolute atomic E-state index is 12.9. The number of halogens is 2. The maximum Gasteiger partial charge on any atom is 0.224 e. The normalized spacial score (nSPS) is 17.0. The Hall–Kier alpha value is -2.00. The first-order chi connectivity index (χ1) is 15.3. The maximum atomic E-state index is 12.9. The summed E-state index contributed by atoms with van der Waals surface area (Å²) < 4.78 is 38.0. The summed E-state index contributed by atoms with van der Waals surface area (Å²) in [7, 11) is -2.02. The van der Waals surface area contributed by atoms with E-state index >= 15 is 0 Å². The summed E-state index contributed by atoms with van der Waals surface area (Å²) in [6.07, 6.45) is 1.26. The van der Waals surface area contributed by atoms with E-state index in [1.165, 1.54) is 4.31 Å². The van der Waals surface area contributed by atoms with E-state index in [0.29, 0.717) is 53.0 Å². The van der Waals surface area contributed by atoms with Gasteiger partial charge < -0.3 is 14.8 Å². The lowest BCUT2D eigenvalue weighted by atomic mass is 9.99. The number of ether oxygens (including phenoxy) is 2. The molecule has 3 rings (SSSR count). The molecular weight excluding hydrogens is 475 g/mol. The third kappa shape index (κ3) is 6.51. The van der Waals surface area contributed by atoms with Crippen LogP contribution in [0.3, 0.4) is 0 Å². The first-order valence-electron chi connectivity index (χ1n) is 10.3. The summed E-state index contributed by atoms with van der Waals surface area (Å²) in [6, 6.07) is 12.0. The number of carbonyl (C=O) groups is 1. The van der Waals surface area contributed by atoms with Crippen molar-refractivity contribution in [2.45, 2.75) is 18.6 Å². The second kappa shape index (κ2) is 11.2. The highest BCUT2D eigenvalue weighted by atomic mass is 35.5. The SMILES string of the molecule is COc1ccccc1OCCNC(=O)[C@@H]1CCCN(S(=O)(=O)Cc2ccc(Cl)c(Cl)c2)C1. The fourth-order valence-electron chi connectivity index (χ4n) is 3.56. The van der Waals surface area contributed by atoms with Gasteiger partial charge in [0.1, 0.15) is 6.61 Å². The molecule has 7 nitrogen and oxygen atoms in total. The van der Waals surface area contributed by atoms with Crippen LogP contribution < -0.4 is 14.8 Å². The smallest absolute Gasteiger partial charge is 0.224 e. The number of amides is 1. The molecule has 174 valence electrons. The number of piperidine rings is 1. The highest BCUT2D eigenvalue weighted by Crippen LogP contribution is 2.27. The van der Waals surface area contributed by atoms with Gasteiger partial charge in [-0.1, -0.05) is 41.4 Å². The Balaban J connectivity index is 1.50. The van der Waals surface area contributed by atoms with Crippen LogP contribution in [0.5, 0.6) is 11.5 Å². The van der Waals surface area contributed by atoms with Gasteiger partial charge in [-0.25, -0.2) is 12.7 Å². The molecule has 1 aliphatic heterocycles. The monoisotopic (exact) mass is 500 g/mol. The summed E-state index contributed by atoms with van der Waals surface area (Å²) in [5.74, 6) is 0.447. The van der Waals surface area contributed by atoms with Crippen molar-refractivity contribution in [3.63, 3.8) is 0 Å². The standard InChI is InChI=1S/C22H26Cl2N2O5S/c1-30-20-6-2-3-7-21(20)31-12-10-25-22(27)17-5-4-11-26(14-17)32(28,29)15-16-8-9-18(23)19(24)13-16/h2-3,6-9,13,17H,4-5,10-12,14-15H2,1H3,(H,25,27)/t17-/m1/s1. The molecule has 0 spiro atoms. The number of hydrogen-bond donors (Lipinski definition) is 1. The summed E-state index contributed by atoms with van der Waals surface area (Å²) in [5.41, 5.74) is 0.555. The third-order valence-corrected chi connectivity index (χ3v) is 7.76. The van der Waals surface area contributed by atoms with Gasteiger partial charge in [0, 0.05) is 13.1 Å². The summed E-state index contributed by atoms with van der Waals surface area (Å²) in [4.78, 5) is 12.6. The molecule has 1 atom stereocenters. The number of benzene rings is 2. The van der Waals surface area contributed by atoms with Crippen LogP contribution in [0.15, 0.2) is 42.5 Å². The van der Waals surface area contributed by atoms with Gasteiger partial charge in [0.2, 0.25) is 15.9 Å². The molecule has 0 unspecified atom stereocenters. The summed E-state index contributed by atoms with van der Waals surface area (Å²) in [6.45, 7) is 1.13. The van der Waals surface area contributed by atoms with Crippen molar-refractivity contribution < 1.29 is 22.7 Å². The number of para-hydroxylation sites is 2. The molecule has 0 aliphatic carbocycles. The van der Waals surface area contributed by atoms with Gasteiger partial charge in [-0.15, -0.1) is 0 Å². The minimum absolute atomic E-state index is 0.156. The molecule has 1 saturated heterocycles. The third-order valence-electron chi connectivity index (χ3n) is 5.21. The van der Waals surface area contributed by atoms with Crippen LogP contribution in [0.1, 0.15) is 18.4 Å². The highest BCUT2D eigenvalue weighted by Gasteiger charge is 2.32. The Kier molecular flexibility index (Phi) is 8.64. The lowest BCUT2D eigenvalue weighted by Gasteiger charge is -2.31.